The molecule has 0 spiro atoms. The van der Waals surface area contributed by atoms with E-state index in [-0.39, 0.29) is 6.42 Å². The van der Waals surface area contributed by atoms with Gasteiger partial charge >= 0.3 is 0 Å². The Morgan fingerprint density at radius 2 is 2.33 bits per heavy atom. The summed E-state index contributed by atoms with van der Waals surface area (Å²) in [7, 11) is 0. The summed E-state index contributed by atoms with van der Waals surface area (Å²) in [5, 5.41) is 3.45. The second kappa shape index (κ2) is 5.70. The van der Waals surface area contributed by atoms with E-state index >= 15 is 0 Å². The molecule has 4 nitrogen and oxygen atoms in total. The number of aldehydes is 1. The van der Waals surface area contributed by atoms with Gasteiger partial charge in [-0.3, -0.25) is 4.99 Å². The predicted molar refractivity (Wildman–Crippen MR) is 61.6 cm³/mol. The molecule has 0 saturated carbocycles. The second-order valence-corrected chi connectivity index (χ2v) is 3.09. The fourth-order valence-corrected chi connectivity index (χ4v) is 1.08. The summed E-state index contributed by atoms with van der Waals surface area (Å²) < 4.78 is 0. The highest BCUT2D eigenvalue weighted by Gasteiger charge is 1.93. The molecular formula is C11H13N3O. The quantitative estimate of drug-likeness (QED) is 0.349. The number of aliphatic imine (C=N–C) groups is 1. The maximum absolute atomic E-state index is 10.2. The number of nitrogens with two attached hydrogens (primary N) is 1. The predicted octanol–water partition coefficient (Wildman–Crippen LogP) is 1.60. The zero-order valence-electron chi connectivity index (χ0n) is 8.55. The number of carbonyl (C=O) groups excluding carboxylic acids is 1. The number of benzene rings is 1. The molecule has 0 atom stereocenters. The van der Waals surface area contributed by atoms with Gasteiger partial charge in [0.25, 0.3) is 0 Å². The Labute approximate surface area is 88.5 Å². The Bertz CT molecular complexity index is 397. The number of aryl methyl sites for hydroxylation is 1. The minimum absolute atomic E-state index is 0.186. The van der Waals surface area contributed by atoms with Crippen molar-refractivity contribution in [3.63, 3.8) is 0 Å². The first-order valence-corrected chi connectivity index (χ1v) is 4.57. The van der Waals surface area contributed by atoms with Crippen molar-refractivity contribution in [2.75, 3.05) is 0 Å². The third-order valence-electron chi connectivity index (χ3n) is 1.82. The monoisotopic (exact) mass is 203 g/mol. The van der Waals surface area contributed by atoms with E-state index in [0.717, 1.165) is 17.5 Å². The summed E-state index contributed by atoms with van der Waals surface area (Å²) in [6, 6.07) is 7.72. The highest BCUT2D eigenvalue weighted by Crippen LogP contribution is 2.12. The van der Waals surface area contributed by atoms with E-state index in [1.165, 1.54) is 6.21 Å². The molecule has 1 rings (SSSR count). The van der Waals surface area contributed by atoms with Crippen LogP contribution in [0.5, 0.6) is 0 Å². The molecule has 0 fully saturated rings. The van der Waals surface area contributed by atoms with Gasteiger partial charge in [0.1, 0.15) is 6.29 Å². The van der Waals surface area contributed by atoms with E-state index in [9.17, 15) is 4.79 Å². The summed E-state index contributed by atoms with van der Waals surface area (Å²) in [6.45, 7) is 1.99. The zero-order valence-corrected chi connectivity index (χ0v) is 8.55. The lowest BCUT2D eigenvalue weighted by Gasteiger charge is -1.95. The van der Waals surface area contributed by atoms with Gasteiger partial charge in [-0.2, -0.15) is 5.10 Å². The van der Waals surface area contributed by atoms with E-state index in [2.05, 4.69) is 10.1 Å². The number of hydrazone groups is 1. The normalized spacial score (nSPS) is 11.9. The topological polar surface area (TPSA) is 67.8 Å². The van der Waals surface area contributed by atoms with Crippen LogP contribution in [0.4, 0.5) is 5.69 Å². The Morgan fingerprint density at radius 3 is 2.93 bits per heavy atom. The van der Waals surface area contributed by atoms with Crippen LogP contribution in [0.25, 0.3) is 0 Å². The molecular weight excluding hydrogens is 190 g/mol. The van der Waals surface area contributed by atoms with Crippen LogP contribution in [0, 0.1) is 6.92 Å². The van der Waals surface area contributed by atoms with Crippen molar-refractivity contribution >= 4 is 23.9 Å². The average molecular weight is 203 g/mol. The summed E-state index contributed by atoms with van der Waals surface area (Å²) in [5.74, 6) is 5.09. The van der Waals surface area contributed by atoms with Crippen LogP contribution in [-0.4, -0.2) is 18.2 Å². The summed E-state index contributed by atoms with van der Waals surface area (Å²) in [5.41, 5.74) is 2.42. The highest BCUT2D eigenvalue weighted by molar-refractivity contribution is 6.33. The molecule has 0 aliphatic heterocycles. The number of rotatable bonds is 4. The van der Waals surface area contributed by atoms with Gasteiger partial charge in [-0.1, -0.05) is 12.1 Å². The first-order chi connectivity index (χ1) is 7.26. The maximum Gasteiger partial charge on any atom is 0.126 e. The third-order valence-corrected chi connectivity index (χ3v) is 1.82. The van der Waals surface area contributed by atoms with E-state index in [1.807, 2.05) is 31.2 Å². The number of nitrogens with zero attached hydrogens (tertiary/aromatic N) is 2. The lowest BCUT2D eigenvalue weighted by atomic mass is 10.2. The van der Waals surface area contributed by atoms with Crippen molar-refractivity contribution in [2.45, 2.75) is 13.3 Å². The van der Waals surface area contributed by atoms with Crippen LogP contribution in [0.3, 0.4) is 0 Å². The van der Waals surface area contributed by atoms with E-state index in [1.54, 1.807) is 0 Å². The molecule has 0 radical (unpaired) electrons. The molecule has 0 saturated heterocycles. The minimum atomic E-state index is 0.186. The van der Waals surface area contributed by atoms with Crippen LogP contribution in [-0.2, 0) is 4.79 Å². The molecule has 0 amide bonds. The maximum atomic E-state index is 10.2. The zero-order chi connectivity index (χ0) is 11.1. The lowest BCUT2D eigenvalue weighted by Crippen LogP contribution is -2.03. The van der Waals surface area contributed by atoms with Gasteiger partial charge in [-0.05, 0) is 24.6 Å². The van der Waals surface area contributed by atoms with Crippen molar-refractivity contribution in [2.24, 2.45) is 15.9 Å². The molecule has 4 heteroatoms. The van der Waals surface area contributed by atoms with E-state index in [4.69, 9.17) is 5.84 Å². The molecule has 0 aliphatic rings. The third kappa shape index (κ3) is 3.72. The lowest BCUT2D eigenvalue weighted by molar-refractivity contribution is -0.106. The van der Waals surface area contributed by atoms with Crippen molar-refractivity contribution in [3.05, 3.63) is 29.8 Å². The Morgan fingerprint density at radius 1 is 1.53 bits per heavy atom. The van der Waals surface area contributed by atoms with Crippen LogP contribution >= 0.6 is 0 Å². The molecule has 0 bridgehead atoms. The fourth-order valence-electron chi connectivity index (χ4n) is 1.08. The van der Waals surface area contributed by atoms with Crippen molar-refractivity contribution in [1.29, 1.82) is 0 Å². The molecule has 1 aromatic rings. The van der Waals surface area contributed by atoms with Crippen LogP contribution in [0.2, 0.25) is 0 Å². The molecule has 1 aromatic carbocycles. The van der Waals surface area contributed by atoms with Crippen LogP contribution < -0.4 is 5.84 Å². The summed E-state index contributed by atoms with van der Waals surface area (Å²) in [6.07, 6.45) is 2.43. The van der Waals surface area contributed by atoms with Crippen LogP contribution in [0.1, 0.15) is 12.0 Å². The van der Waals surface area contributed by atoms with Crippen molar-refractivity contribution in [1.82, 2.24) is 0 Å². The molecule has 0 aliphatic carbocycles. The summed E-state index contributed by atoms with van der Waals surface area (Å²) in [4.78, 5) is 14.4. The summed E-state index contributed by atoms with van der Waals surface area (Å²) >= 11 is 0. The first-order valence-electron chi connectivity index (χ1n) is 4.57. The number of hydrogen-bond acceptors (Lipinski definition) is 4. The SMILES string of the molecule is Cc1cccc(N=CC(CC=O)=NN)c1. The van der Waals surface area contributed by atoms with E-state index in [0.29, 0.717) is 5.71 Å². The molecule has 0 heterocycles. The van der Waals surface area contributed by atoms with Gasteiger partial charge in [0.05, 0.1) is 17.6 Å². The number of hydrogen-bond donors (Lipinski definition) is 1. The molecule has 0 aromatic heterocycles. The van der Waals surface area contributed by atoms with Crippen LogP contribution in [0.15, 0.2) is 34.4 Å². The Balaban J connectivity index is 2.76. The fraction of sp³-hybridized carbons (Fsp3) is 0.182. The highest BCUT2D eigenvalue weighted by atomic mass is 16.1. The van der Waals surface area contributed by atoms with Gasteiger partial charge < -0.3 is 10.6 Å². The Kier molecular flexibility index (Phi) is 4.22. The largest absolute Gasteiger partial charge is 0.323 e. The molecule has 78 valence electrons. The Hall–Kier alpha value is -1.97. The molecule has 0 unspecified atom stereocenters. The van der Waals surface area contributed by atoms with Gasteiger partial charge in [-0.25, -0.2) is 0 Å². The van der Waals surface area contributed by atoms with Crippen molar-refractivity contribution in [3.8, 4) is 0 Å². The van der Waals surface area contributed by atoms with Gasteiger partial charge in [0, 0.05) is 6.42 Å². The number of carbonyl (C=O) groups is 1. The van der Waals surface area contributed by atoms with E-state index < -0.39 is 0 Å². The minimum Gasteiger partial charge on any atom is -0.323 e. The average Bonchev–Trinajstić information content (AvgIpc) is 2.24. The second-order valence-electron chi connectivity index (χ2n) is 3.09. The molecule has 15 heavy (non-hydrogen) atoms. The molecule has 2 N–H and O–H groups in total. The van der Waals surface area contributed by atoms with Gasteiger partial charge in [-0.15, -0.1) is 0 Å². The standard InChI is InChI=1S/C11H13N3O/c1-9-3-2-4-10(7-9)13-8-11(14-12)5-6-15/h2-4,6-8H,5,12H2,1H3. The van der Waals surface area contributed by atoms with Gasteiger partial charge in [0.15, 0.2) is 0 Å². The first kappa shape index (κ1) is 11.1. The van der Waals surface area contributed by atoms with Crippen molar-refractivity contribution < 1.29 is 4.79 Å². The smallest absolute Gasteiger partial charge is 0.126 e. The van der Waals surface area contributed by atoms with Gasteiger partial charge in [0.2, 0.25) is 0 Å².